The Morgan fingerprint density at radius 1 is 1.45 bits per heavy atom. The summed E-state index contributed by atoms with van der Waals surface area (Å²) in [7, 11) is 0. The Balaban J connectivity index is 3.06. The normalized spacial score (nSPS) is 11.6. The number of halogens is 4. The van der Waals surface area contributed by atoms with Crippen LogP contribution in [0.3, 0.4) is 0 Å². The topological polar surface area (TPSA) is 12.9 Å². The summed E-state index contributed by atoms with van der Waals surface area (Å²) >= 11 is 5.26. The minimum atomic E-state index is -4.43. The molecule has 0 bridgehead atoms. The quantitative estimate of drug-likeness (QED) is 0.598. The standard InChI is InChI=1S/C6H2ClF3N/c7-4-1-2-11-5(3-4)6(8,9)10/h2-3H. The summed E-state index contributed by atoms with van der Waals surface area (Å²) in [6, 6.07) is 3.02. The highest BCUT2D eigenvalue weighted by atomic mass is 35.5. The number of alkyl halides is 3. The van der Waals surface area contributed by atoms with Gasteiger partial charge in [-0.2, -0.15) is 13.2 Å². The molecule has 1 heterocycles. The maximum atomic E-state index is 11.8. The lowest BCUT2D eigenvalue weighted by atomic mass is 10.3. The van der Waals surface area contributed by atoms with Crippen molar-refractivity contribution in [3.63, 3.8) is 0 Å². The summed E-state index contributed by atoms with van der Waals surface area (Å²) in [6.07, 6.45) is -3.54. The molecule has 0 aliphatic carbocycles. The fourth-order valence-corrected chi connectivity index (χ4v) is 0.670. The van der Waals surface area contributed by atoms with Crippen LogP contribution in [0.25, 0.3) is 0 Å². The number of pyridine rings is 1. The number of aromatic nitrogens is 1. The van der Waals surface area contributed by atoms with Crippen molar-refractivity contribution in [2.75, 3.05) is 0 Å². The summed E-state index contributed by atoms with van der Waals surface area (Å²) in [6.45, 7) is 0. The molecular weight excluding hydrogens is 179 g/mol. The third-order valence-corrected chi connectivity index (χ3v) is 1.18. The van der Waals surface area contributed by atoms with E-state index < -0.39 is 11.9 Å². The summed E-state index contributed by atoms with van der Waals surface area (Å²) in [4.78, 5) is 3.05. The van der Waals surface area contributed by atoms with Crippen LogP contribution in [0.2, 0.25) is 5.02 Å². The van der Waals surface area contributed by atoms with Gasteiger partial charge in [0, 0.05) is 12.3 Å². The molecule has 0 atom stereocenters. The Kier molecular flexibility index (Phi) is 2.04. The Morgan fingerprint density at radius 2 is 2.09 bits per heavy atom. The lowest BCUT2D eigenvalue weighted by Crippen LogP contribution is -2.06. The largest absolute Gasteiger partial charge is 0.433 e. The molecule has 0 N–H and O–H groups in total. The van der Waals surface area contributed by atoms with Crippen molar-refractivity contribution >= 4 is 11.6 Å². The molecule has 1 aromatic rings. The molecule has 0 aliphatic heterocycles. The molecule has 0 unspecified atom stereocenters. The van der Waals surface area contributed by atoms with Crippen LogP contribution in [0.4, 0.5) is 13.2 Å². The van der Waals surface area contributed by atoms with Crippen LogP contribution in [-0.4, -0.2) is 4.98 Å². The van der Waals surface area contributed by atoms with E-state index >= 15 is 0 Å². The molecule has 0 fully saturated rings. The highest BCUT2D eigenvalue weighted by molar-refractivity contribution is 6.30. The van der Waals surface area contributed by atoms with Crippen molar-refractivity contribution in [3.05, 3.63) is 29.0 Å². The zero-order valence-electron chi connectivity index (χ0n) is 5.11. The van der Waals surface area contributed by atoms with E-state index in [4.69, 9.17) is 11.6 Å². The fraction of sp³-hybridized carbons (Fsp3) is 0.167. The molecule has 1 aromatic heterocycles. The van der Waals surface area contributed by atoms with E-state index in [2.05, 4.69) is 11.1 Å². The van der Waals surface area contributed by atoms with Gasteiger partial charge in [-0.05, 0) is 6.07 Å². The van der Waals surface area contributed by atoms with Crippen molar-refractivity contribution in [3.8, 4) is 0 Å². The molecule has 0 saturated carbocycles. The SMILES string of the molecule is FC(F)(F)c1cc(Cl)[c]cn1. The average Bonchev–Trinajstić information content (AvgIpc) is 1.86. The molecule has 11 heavy (non-hydrogen) atoms. The first-order chi connectivity index (χ1) is 5.00. The average molecular weight is 181 g/mol. The van der Waals surface area contributed by atoms with Crippen LogP contribution >= 0.6 is 11.6 Å². The molecule has 0 aromatic carbocycles. The van der Waals surface area contributed by atoms with E-state index in [1.807, 2.05) is 0 Å². The van der Waals surface area contributed by atoms with Crippen molar-refractivity contribution in [2.24, 2.45) is 0 Å². The van der Waals surface area contributed by atoms with Crippen molar-refractivity contribution in [2.45, 2.75) is 6.18 Å². The molecule has 0 aliphatic rings. The van der Waals surface area contributed by atoms with Crippen LogP contribution in [0, 0.1) is 6.07 Å². The third-order valence-electron chi connectivity index (χ3n) is 0.960. The summed E-state index contributed by atoms with van der Waals surface area (Å²) in [5, 5.41) is -0.0904. The number of nitrogens with zero attached hydrogens (tertiary/aromatic N) is 1. The Labute approximate surface area is 65.8 Å². The molecule has 59 valence electrons. The fourth-order valence-electron chi connectivity index (χ4n) is 0.517. The van der Waals surface area contributed by atoms with Gasteiger partial charge in [0.25, 0.3) is 0 Å². The molecule has 0 spiro atoms. The summed E-state index contributed by atoms with van der Waals surface area (Å²) in [5.41, 5.74) is -0.999. The second-order valence-corrected chi connectivity index (χ2v) is 2.19. The highest BCUT2D eigenvalue weighted by Crippen LogP contribution is 2.28. The molecule has 0 saturated heterocycles. The molecular formula is C6H2ClF3N. The van der Waals surface area contributed by atoms with E-state index in [9.17, 15) is 13.2 Å². The van der Waals surface area contributed by atoms with Crippen molar-refractivity contribution in [1.29, 1.82) is 0 Å². The van der Waals surface area contributed by atoms with Gasteiger partial charge in [0.1, 0.15) is 5.69 Å². The van der Waals surface area contributed by atoms with Gasteiger partial charge in [-0.25, -0.2) is 0 Å². The monoisotopic (exact) mass is 180 g/mol. The third kappa shape index (κ3) is 2.08. The maximum absolute atomic E-state index is 11.8. The number of hydrogen-bond acceptors (Lipinski definition) is 1. The van der Waals surface area contributed by atoms with E-state index in [1.54, 1.807) is 0 Å². The maximum Gasteiger partial charge on any atom is 0.433 e. The lowest BCUT2D eigenvalue weighted by molar-refractivity contribution is -0.141. The smallest absolute Gasteiger partial charge is 0.251 e. The van der Waals surface area contributed by atoms with Gasteiger partial charge in [0.15, 0.2) is 0 Å². The predicted molar refractivity (Wildman–Crippen MR) is 33.1 cm³/mol. The molecule has 5 heteroatoms. The first kappa shape index (κ1) is 8.33. The highest BCUT2D eigenvalue weighted by Gasteiger charge is 2.32. The van der Waals surface area contributed by atoms with Crippen LogP contribution in [-0.2, 0) is 6.18 Å². The van der Waals surface area contributed by atoms with Gasteiger partial charge in [0.05, 0.1) is 5.02 Å². The predicted octanol–water partition coefficient (Wildman–Crippen LogP) is 2.55. The van der Waals surface area contributed by atoms with E-state index in [0.29, 0.717) is 0 Å². The van der Waals surface area contributed by atoms with E-state index in [1.165, 1.54) is 0 Å². The van der Waals surface area contributed by atoms with Crippen molar-refractivity contribution in [1.82, 2.24) is 4.98 Å². The van der Waals surface area contributed by atoms with Crippen LogP contribution in [0.15, 0.2) is 12.3 Å². The van der Waals surface area contributed by atoms with Crippen LogP contribution in [0.5, 0.6) is 0 Å². The van der Waals surface area contributed by atoms with Gasteiger partial charge < -0.3 is 0 Å². The Hall–Kier alpha value is -0.770. The minimum Gasteiger partial charge on any atom is -0.251 e. The second-order valence-electron chi connectivity index (χ2n) is 1.78. The zero-order chi connectivity index (χ0) is 8.48. The minimum absolute atomic E-state index is 0.0904. The molecule has 1 rings (SSSR count). The lowest BCUT2D eigenvalue weighted by Gasteiger charge is -2.03. The van der Waals surface area contributed by atoms with Gasteiger partial charge in [-0.3, -0.25) is 4.98 Å². The first-order valence-corrected chi connectivity index (χ1v) is 2.98. The Bertz CT molecular complexity index is 258. The van der Waals surface area contributed by atoms with E-state index in [-0.39, 0.29) is 5.02 Å². The molecule has 1 radical (unpaired) electrons. The van der Waals surface area contributed by atoms with Crippen LogP contribution < -0.4 is 0 Å². The summed E-state index contributed by atoms with van der Waals surface area (Å²) < 4.78 is 35.5. The zero-order valence-corrected chi connectivity index (χ0v) is 5.87. The van der Waals surface area contributed by atoms with Gasteiger partial charge in [-0.1, -0.05) is 11.6 Å². The number of rotatable bonds is 0. The van der Waals surface area contributed by atoms with Gasteiger partial charge in [0.2, 0.25) is 0 Å². The number of hydrogen-bond donors (Lipinski definition) is 0. The summed E-state index contributed by atoms with van der Waals surface area (Å²) in [5.74, 6) is 0. The van der Waals surface area contributed by atoms with Crippen LogP contribution in [0.1, 0.15) is 5.69 Å². The Morgan fingerprint density at radius 3 is 2.45 bits per heavy atom. The molecule has 0 amide bonds. The van der Waals surface area contributed by atoms with Gasteiger partial charge in [-0.15, -0.1) is 0 Å². The first-order valence-electron chi connectivity index (χ1n) is 2.60. The second kappa shape index (κ2) is 2.70. The van der Waals surface area contributed by atoms with Crippen molar-refractivity contribution < 1.29 is 13.2 Å². The molecule has 1 nitrogen and oxygen atoms in total. The van der Waals surface area contributed by atoms with E-state index in [0.717, 1.165) is 12.3 Å². The van der Waals surface area contributed by atoms with Gasteiger partial charge >= 0.3 is 6.18 Å².